The molecule has 1 nitrogen and oxygen atoms in total. The SMILES string of the molecule is CCNC(c1cc(C)cc(F)c1)c1cc(F)ccc1Br. The molecule has 0 aliphatic heterocycles. The van der Waals surface area contributed by atoms with Crippen LogP contribution in [-0.2, 0) is 0 Å². The van der Waals surface area contributed by atoms with E-state index < -0.39 is 0 Å². The van der Waals surface area contributed by atoms with Crippen molar-refractivity contribution in [2.45, 2.75) is 19.9 Å². The molecular formula is C16H16BrF2N. The highest BCUT2D eigenvalue weighted by Gasteiger charge is 2.17. The maximum Gasteiger partial charge on any atom is 0.123 e. The second-order valence-corrected chi connectivity index (χ2v) is 5.57. The minimum Gasteiger partial charge on any atom is -0.306 e. The lowest BCUT2D eigenvalue weighted by Gasteiger charge is -2.21. The van der Waals surface area contributed by atoms with E-state index in [0.29, 0.717) is 6.54 Å². The monoisotopic (exact) mass is 339 g/mol. The Bertz CT molecular complexity index is 593. The third-order valence-corrected chi connectivity index (χ3v) is 3.80. The average molecular weight is 340 g/mol. The fraction of sp³-hybridized carbons (Fsp3) is 0.250. The van der Waals surface area contributed by atoms with Crippen molar-refractivity contribution in [2.75, 3.05) is 6.54 Å². The van der Waals surface area contributed by atoms with Gasteiger partial charge in [-0.3, -0.25) is 0 Å². The van der Waals surface area contributed by atoms with Crippen LogP contribution < -0.4 is 5.32 Å². The molecule has 2 aromatic rings. The highest BCUT2D eigenvalue weighted by molar-refractivity contribution is 9.10. The summed E-state index contributed by atoms with van der Waals surface area (Å²) in [6.45, 7) is 4.51. The quantitative estimate of drug-likeness (QED) is 0.848. The van der Waals surface area contributed by atoms with E-state index in [0.717, 1.165) is 21.2 Å². The molecule has 1 N–H and O–H groups in total. The number of nitrogens with one attached hydrogen (secondary N) is 1. The van der Waals surface area contributed by atoms with Gasteiger partial charge in [-0.2, -0.15) is 0 Å². The van der Waals surface area contributed by atoms with Crippen molar-refractivity contribution >= 4 is 15.9 Å². The number of benzene rings is 2. The van der Waals surface area contributed by atoms with Crippen LogP contribution in [0.25, 0.3) is 0 Å². The summed E-state index contributed by atoms with van der Waals surface area (Å²) in [7, 11) is 0. The van der Waals surface area contributed by atoms with Gasteiger partial charge in [0.05, 0.1) is 6.04 Å². The molecule has 0 aliphatic rings. The lowest BCUT2D eigenvalue weighted by Crippen LogP contribution is -2.22. The maximum absolute atomic E-state index is 13.6. The molecule has 20 heavy (non-hydrogen) atoms. The van der Waals surface area contributed by atoms with E-state index in [1.54, 1.807) is 6.07 Å². The first-order valence-corrected chi connectivity index (χ1v) is 7.26. The Labute approximate surface area is 126 Å². The highest BCUT2D eigenvalue weighted by atomic mass is 79.9. The van der Waals surface area contributed by atoms with Crippen molar-refractivity contribution in [3.05, 3.63) is 69.2 Å². The highest BCUT2D eigenvalue weighted by Crippen LogP contribution is 2.30. The molecule has 0 radical (unpaired) electrons. The molecule has 0 heterocycles. The lowest BCUT2D eigenvalue weighted by molar-refractivity contribution is 0.590. The van der Waals surface area contributed by atoms with Crippen LogP contribution in [0.2, 0.25) is 0 Å². The van der Waals surface area contributed by atoms with Crippen LogP contribution in [0.5, 0.6) is 0 Å². The standard InChI is InChI=1S/C16H16BrF2N/c1-3-20-16(11-6-10(2)7-13(19)8-11)14-9-12(18)4-5-15(14)17/h4-9,16,20H,3H2,1-2H3. The van der Waals surface area contributed by atoms with Crippen molar-refractivity contribution in [3.63, 3.8) is 0 Å². The zero-order valence-electron chi connectivity index (χ0n) is 11.4. The summed E-state index contributed by atoms with van der Waals surface area (Å²) in [4.78, 5) is 0. The topological polar surface area (TPSA) is 12.0 Å². The number of rotatable bonds is 4. The summed E-state index contributed by atoms with van der Waals surface area (Å²) < 4.78 is 27.9. The van der Waals surface area contributed by atoms with Crippen molar-refractivity contribution in [1.29, 1.82) is 0 Å². The summed E-state index contributed by atoms with van der Waals surface area (Å²) in [5.41, 5.74) is 2.39. The third kappa shape index (κ3) is 3.44. The number of hydrogen-bond acceptors (Lipinski definition) is 1. The molecule has 0 fully saturated rings. The normalized spacial score (nSPS) is 12.4. The lowest BCUT2D eigenvalue weighted by atomic mass is 9.97. The van der Waals surface area contributed by atoms with Crippen LogP contribution in [0.4, 0.5) is 8.78 Å². The molecule has 4 heteroatoms. The minimum atomic E-state index is -0.306. The molecule has 106 valence electrons. The van der Waals surface area contributed by atoms with Crippen LogP contribution >= 0.6 is 15.9 Å². The molecular weight excluding hydrogens is 324 g/mol. The van der Waals surface area contributed by atoms with E-state index in [1.165, 1.54) is 24.3 Å². The van der Waals surface area contributed by atoms with Gasteiger partial charge < -0.3 is 5.32 Å². The average Bonchev–Trinajstić information content (AvgIpc) is 2.38. The molecule has 2 aromatic carbocycles. The second-order valence-electron chi connectivity index (χ2n) is 4.72. The first-order valence-electron chi connectivity index (χ1n) is 6.46. The zero-order chi connectivity index (χ0) is 14.7. The molecule has 0 saturated heterocycles. The van der Waals surface area contributed by atoms with Gasteiger partial charge in [0, 0.05) is 4.47 Å². The third-order valence-electron chi connectivity index (χ3n) is 3.08. The number of hydrogen-bond donors (Lipinski definition) is 1. The Morgan fingerprint density at radius 2 is 1.85 bits per heavy atom. The van der Waals surface area contributed by atoms with Crippen LogP contribution in [0.1, 0.15) is 29.7 Å². The fourth-order valence-corrected chi connectivity index (χ4v) is 2.75. The molecule has 0 spiro atoms. The Hall–Kier alpha value is -1.26. The van der Waals surface area contributed by atoms with E-state index >= 15 is 0 Å². The van der Waals surface area contributed by atoms with Crippen molar-refractivity contribution in [3.8, 4) is 0 Å². The molecule has 1 atom stereocenters. The van der Waals surface area contributed by atoms with Gasteiger partial charge >= 0.3 is 0 Å². The van der Waals surface area contributed by atoms with E-state index in [1.807, 2.05) is 19.9 Å². The summed E-state index contributed by atoms with van der Waals surface area (Å²) in [5, 5.41) is 3.27. The predicted molar refractivity (Wildman–Crippen MR) is 80.8 cm³/mol. The minimum absolute atomic E-state index is 0.250. The molecule has 0 aliphatic carbocycles. The van der Waals surface area contributed by atoms with E-state index in [-0.39, 0.29) is 17.7 Å². The predicted octanol–water partition coefficient (Wildman–Crippen LogP) is 4.73. The fourth-order valence-electron chi connectivity index (χ4n) is 2.28. The van der Waals surface area contributed by atoms with Gasteiger partial charge in [0.15, 0.2) is 0 Å². The van der Waals surface area contributed by atoms with Gasteiger partial charge in [-0.25, -0.2) is 8.78 Å². The van der Waals surface area contributed by atoms with Crippen LogP contribution in [0.3, 0.4) is 0 Å². The van der Waals surface area contributed by atoms with E-state index in [9.17, 15) is 8.78 Å². The first kappa shape index (κ1) is 15.1. The van der Waals surface area contributed by atoms with Crippen molar-refractivity contribution in [1.82, 2.24) is 5.32 Å². The Balaban J connectivity index is 2.52. The molecule has 0 bridgehead atoms. The smallest absolute Gasteiger partial charge is 0.123 e. The van der Waals surface area contributed by atoms with Gasteiger partial charge in [-0.05, 0) is 60.5 Å². The Morgan fingerprint density at radius 1 is 1.10 bits per heavy atom. The summed E-state index contributed by atoms with van der Waals surface area (Å²) >= 11 is 3.43. The number of halogens is 3. The van der Waals surface area contributed by atoms with Crippen LogP contribution in [0, 0.1) is 18.6 Å². The molecule has 1 unspecified atom stereocenters. The van der Waals surface area contributed by atoms with Crippen molar-refractivity contribution in [2.24, 2.45) is 0 Å². The van der Waals surface area contributed by atoms with Crippen LogP contribution in [-0.4, -0.2) is 6.54 Å². The first-order chi connectivity index (χ1) is 9.51. The summed E-state index contributed by atoms with van der Waals surface area (Å²) in [5.74, 6) is -0.588. The molecule has 0 saturated carbocycles. The number of aryl methyl sites for hydroxylation is 1. The van der Waals surface area contributed by atoms with Gasteiger partial charge in [-0.15, -0.1) is 0 Å². The van der Waals surface area contributed by atoms with Gasteiger partial charge in [0.2, 0.25) is 0 Å². The Kier molecular flexibility index (Phi) is 4.89. The van der Waals surface area contributed by atoms with E-state index in [4.69, 9.17) is 0 Å². The summed E-state index contributed by atoms with van der Waals surface area (Å²) in [6.07, 6.45) is 0. The van der Waals surface area contributed by atoms with Crippen molar-refractivity contribution < 1.29 is 8.78 Å². The van der Waals surface area contributed by atoms with Gasteiger partial charge in [0.1, 0.15) is 11.6 Å². The van der Waals surface area contributed by atoms with Crippen LogP contribution in [0.15, 0.2) is 40.9 Å². The van der Waals surface area contributed by atoms with Gasteiger partial charge in [0.25, 0.3) is 0 Å². The second kappa shape index (κ2) is 6.46. The molecule has 2 rings (SSSR count). The summed E-state index contributed by atoms with van der Waals surface area (Å²) in [6, 6.07) is 9.16. The van der Waals surface area contributed by atoms with E-state index in [2.05, 4.69) is 21.2 Å². The molecule has 0 aromatic heterocycles. The maximum atomic E-state index is 13.6. The zero-order valence-corrected chi connectivity index (χ0v) is 13.0. The molecule has 0 amide bonds. The Morgan fingerprint density at radius 3 is 2.50 bits per heavy atom. The van der Waals surface area contributed by atoms with Gasteiger partial charge in [-0.1, -0.05) is 28.9 Å². The largest absolute Gasteiger partial charge is 0.306 e.